The zero-order chi connectivity index (χ0) is 19.6. The molecule has 142 valence electrons. The molecule has 2 heterocycles. The maximum atomic E-state index is 6.06. The van der Waals surface area contributed by atoms with Crippen LogP contribution in [-0.4, -0.2) is 26.9 Å². The van der Waals surface area contributed by atoms with Crippen LogP contribution in [0.1, 0.15) is 35.0 Å². The van der Waals surface area contributed by atoms with Gasteiger partial charge in [0.25, 0.3) is 5.95 Å². The molecule has 0 atom stereocenters. The standard InChI is InChI=1S/C20H23BrN4O2/c1-6-17-14(4)22-20(25-18(21)12(2)13(3)24-25)23-19(17)27-11-15-7-9-16(26-5)10-8-15/h7-10H,6,11H2,1-5H3. The van der Waals surface area contributed by atoms with Gasteiger partial charge < -0.3 is 9.47 Å². The normalized spacial score (nSPS) is 10.9. The molecule has 3 rings (SSSR count). The molecule has 0 aliphatic carbocycles. The van der Waals surface area contributed by atoms with Crippen molar-refractivity contribution in [1.29, 1.82) is 0 Å². The molecule has 2 aromatic heterocycles. The van der Waals surface area contributed by atoms with Gasteiger partial charge in [0, 0.05) is 16.8 Å². The molecule has 0 spiro atoms. The van der Waals surface area contributed by atoms with E-state index < -0.39 is 0 Å². The van der Waals surface area contributed by atoms with Gasteiger partial charge in [-0.3, -0.25) is 0 Å². The van der Waals surface area contributed by atoms with E-state index in [1.807, 2.05) is 45.0 Å². The third-order valence-corrected chi connectivity index (χ3v) is 5.46. The molecule has 0 bridgehead atoms. The van der Waals surface area contributed by atoms with Crippen LogP contribution in [0.4, 0.5) is 0 Å². The van der Waals surface area contributed by atoms with Crippen LogP contribution in [0.5, 0.6) is 11.6 Å². The van der Waals surface area contributed by atoms with Gasteiger partial charge in [-0.1, -0.05) is 19.1 Å². The van der Waals surface area contributed by atoms with Crippen LogP contribution in [-0.2, 0) is 13.0 Å². The van der Waals surface area contributed by atoms with Crippen molar-refractivity contribution in [3.63, 3.8) is 0 Å². The fourth-order valence-corrected chi connectivity index (χ4v) is 3.28. The summed E-state index contributed by atoms with van der Waals surface area (Å²) >= 11 is 3.58. The van der Waals surface area contributed by atoms with Crippen LogP contribution in [0.3, 0.4) is 0 Å². The Hall–Kier alpha value is -2.41. The molecule has 7 heteroatoms. The summed E-state index contributed by atoms with van der Waals surface area (Å²) < 4.78 is 13.8. The highest BCUT2D eigenvalue weighted by Crippen LogP contribution is 2.26. The highest BCUT2D eigenvalue weighted by Gasteiger charge is 2.17. The van der Waals surface area contributed by atoms with Crippen LogP contribution in [0, 0.1) is 20.8 Å². The topological polar surface area (TPSA) is 62.1 Å². The number of methoxy groups -OCH3 is 1. The number of ether oxygens (including phenoxy) is 2. The van der Waals surface area contributed by atoms with Gasteiger partial charge in [0.15, 0.2) is 0 Å². The second-order valence-electron chi connectivity index (χ2n) is 6.30. The average molecular weight is 431 g/mol. The predicted molar refractivity (Wildman–Crippen MR) is 108 cm³/mol. The van der Waals surface area contributed by atoms with Crippen molar-refractivity contribution in [3.8, 4) is 17.6 Å². The molecule has 0 amide bonds. The lowest BCUT2D eigenvalue weighted by Gasteiger charge is -2.13. The molecule has 6 nitrogen and oxygen atoms in total. The first-order valence-electron chi connectivity index (χ1n) is 8.79. The first kappa shape index (κ1) is 19.4. The zero-order valence-corrected chi connectivity index (χ0v) is 17.8. The monoisotopic (exact) mass is 430 g/mol. The van der Waals surface area contributed by atoms with Gasteiger partial charge in [0.05, 0.1) is 12.8 Å². The third kappa shape index (κ3) is 3.98. The Kier molecular flexibility index (Phi) is 5.79. The van der Waals surface area contributed by atoms with Crippen molar-refractivity contribution in [3.05, 3.63) is 56.9 Å². The molecule has 0 N–H and O–H groups in total. The SMILES string of the molecule is CCc1c(C)nc(-n2nc(C)c(C)c2Br)nc1OCc1ccc(OC)cc1. The lowest BCUT2D eigenvalue weighted by Crippen LogP contribution is -2.10. The molecule has 0 fully saturated rings. The molecule has 0 aliphatic rings. The lowest BCUT2D eigenvalue weighted by molar-refractivity contribution is 0.288. The van der Waals surface area contributed by atoms with Crippen LogP contribution in [0.15, 0.2) is 28.9 Å². The van der Waals surface area contributed by atoms with E-state index in [1.165, 1.54) is 0 Å². The summed E-state index contributed by atoms with van der Waals surface area (Å²) in [5.74, 6) is 1.91. The maximum absolute atomic E-state index is 6.06. The summed E-state index contributed by atoms with van der Waals surface area (Å²) in [6.45, 7) is 8.44. The summed E-state index contributed by atoms with van der Waals surface area (Å²) in [6.07, 6.45) is 0.794. The Morgan fingerprint density at radius 1 is 1.04 bits per heavy atom. The van der Waals surface area contributed by atoms with Crippen LogP contribution in [0.2, 0.25) is 0 Å². The van der Waals surface area contributed by atoms with E-state index >= 15 is 0 Å². The number of rotatable bonds is 6. The van der Waals surface area contributed by atoms with E-state index in [2.05, 4.69) is 37.9 Å². The molecule has 3 aromatic rings. The number of nitrogens with zero attached hydrogens (tertiary/aromatic N) is 4. The fraction of sp³-hybridized carbons (Fsp3) is 0.350. The second-order valence-corrected chi connectivity index (χ2v) is 7.05. The van der Waals surface area contributed by atoms with Crippen molar-refractivity contribution in [2.24, 2.45) is 0 Å². The predicted octanol–water partition coefficient (Wildman–Crippen LogP) is 4.50. The second kappa shape index (κ2) is 8.08. The quantitative estimate of drug-likeness (QED) is 0.575. The van der Waals surface area contributed by atoms with Gasteiger partial charge in [-0.2, -0.15) is 14.8 Å². The van der Waals surface area contributed by atoms with Crippen molar-refractivity contribution in [1.82, 2.24) is 19.7 Å². The first-order valence-corrected chi connectivity index (χ1v) is 9.59. The third-order valence-electron chi connectivity index (χ3n) is 4.53. The molecule has 27 heavy (non-hydrogen) atoms. The molecule has 0 aliphatic heterocycles. The first-order chi connectivity index (χ1) is 12.9. The molecule has 1 aromatic carbocycles. The molecule has 0 saturated carbocycles. The summed E-state index contributed by atoms with van der Waals surface area (Å²) in [7, 11) is 1.65. The van der Waals surface area contributed by atoms with Crippen LogP contribution in [0.25, 0.3) is 5.95 Å². The van der Waals surface area contributed by atoms with Crippen LogP contribution >= 0.6 is 15.9 Å². The number of hydrogen-bond acceptors (Lipinski definition) is 5. The van der Waals surface area contributed by atoms with Crippen LogP contribution < -0.4 is 9.47 Å². The van der Waals surface area contributed by atoms with Gasteiger partial charge in [-0.15, -0.1) is 0 Å². The number of halogens is 1. The number of aryl methyl sites for hydroxylation is 2. The molecular weight excluding hydrogens is 408 g/mol. The fourth-order valence-electron chi connectivity index (χ4n) is 2.76. The van der Waals surface area contributed by atoms with Gasteiger partial charge >= 0.3 is 0 Å². The van der Waals surface area contributed by atoms with E-state index in [9.17, 15) is 0 Å². The summed E-state index contributed by atoms with van der Waals surface area (Å²) in [5, 5.41) is 4.53. The minimum atomic E-state index is 0.422. The minimum absolute atomic E-state index is 0.422. The Balaban J connectivity index is 1.93. The Labute approximate surface area is 167 Å². The molecular formula is C20H23BrN4O2. The Morgan fingerprint density at radius 3 is 2.30 bits per heavy atom. The van der Waals surface area contributed by atoms with Crippen molar-refractivity contribution in [2.75, 3.05) is 7.11 Å². The average Bonchev–Trinajstić information content (AvgIpc) is 2.93. The molecule has 0 unspecified atom stereocenters. The minimum Gasteiger partial charge on any atom is -0.497 e. The summed E-state index contributed by atoms with van der Waals surface area (Å²) in [5.41, 5.74) is 4.94. The number of aromatic nitrogens is 4. The van der Waals surface area contributed by atoms with E-state index in [4.69, 9.17) is 9.47 Å². The van der Waals surface area contributed by atoms with Crippen molar-refractivity contribution < 1.29 is 9.47 Å². The molecule has 0 saturated heterocycles. The van der Waals surface area contributed by atoms with E-state index in [-0.39, 0.29) is 0 Å². The van der Waals surface area contributed by atoms with Gasteiger partial charge in [0.2, 0.25) is 5.88 Å². The number of benzene rings is 1. The summed E-state index contributed by atoms with van der Waals surface area (Å²) in [4.78, 5) is 9.28. The Bertz CT molecular complexity index is 952. The van der Waals surface area contributed by atoms with E-state index in [0.29, 0.717) is 18.4 Å². The van der Waals surface area contributed by atoms with Gasteiger partial charge in [-0.25, -0.2) is 4.98 Å². The smallest absolute Gasteiger partial charge is 0.255 e. The highest BCUT2D eigenvalue weighted by molar-refractivity contribution is 9.10. The highest BCUT2D eigenvalue weighted by atomic mass is 79.9. The van der Waals surface area contributed by atoms with Gasteiger partial charge in [-0.05, 0) is 60.8 Å². The van der Waals surface area contributed by atoms with Gasteiger partial charge in [0.1, 0.15) is 17.0 Å². The summed E-state index contributed by atoms with van der Waals surface area (Å²) in [6, 6.07) is 7.80. The van der Waals surface area contributed by atoms with E-state index in [0.717, 1.165) is 44.9 Å². The lowest BCUT2D eigenvalue weighted by atomic mass is 10.2. The Morgan fingerprint density at radius 2 is 1.74 bits per heavy atom. The van der Waals surface area contributed by atoms with E-state index in [1.54, 1.807) is 11.8 Å². The van der Waals surface area contributed by atoms with Crippen molar-refractivity contribution >= 4 is 15.9 Å². The zero-order valence-electron chi connectivity index (χ0n) is 16.2. The largest absolute Gasteiger partial charge is 0.497 e. The number of hydrogen-bond donors (Lipinski definition) is 0. The van der Waals surface area contributed by atoms with Crippen molar-refractivity contribution in [2.45, 2.75) is 40.7 Å². The molecule has 0 radical (unpaired) electrons. The maximum Gasteiger partial charge on any atom is 0.255 e.